The number of anilines is 1. The Kier molecular flexibility index (Phi) is 5.37. The van der Waals surface area contributed by atoms with Crippen LogP contribution in [0.5, 0.6) is 0 Å². The molecule has 0 saturated carbocycles. The van der Waals surface area contributed by atoms with Gasteiger partial charge >= 0.3 is 0 Å². The summed E-state index contributed by atoms with van der Waals surface area (Å²) in [7, 11) is 0. The molecular formula is C23H24N6O. The zero-order valence-corrected chi connectivity index (χ0v) is 16.7. The lowest BCUT2D eigenvalue weighted by Crippen LogP contribution is -2.39. The number of pyridine rings is 1. The smallest absolute Gasteiger partial charge is 0.181 e. The van der Waals surface area contributed by atoms with E-state index >= 15 is 0 Å². The van der Waals surface area contributed by atoms with E-state index in [1.165, 1.54) is 0 Å². The highest BCUT2D eigenvalue weighted by Crippen LogP contribution is 2.33. The molecule has 1 fully saturated rings. The number of aromatic nitrogens is 4. The van der Waals surface area contributed by atoms with E-state index in [4.69, 9.17) is 9.72 Å². The predicted molar refractivity (Wildman–Crippen MR) is 117 cm³/mol. The van der Waals surface area contributed by atoms with Gasteiger partial charge in [-0.15, -0.1) is 0 Å². The van der Waals surface area contributed by atoms with Crippen LogP contribution < -0.4 is 5.32 Å². The van der Waals surface area contributed by atoms with E-state index in [9.17, 15) is 0 Å². The molecule has 3 aromatic heterocycles. The molecule has 1 aliphatic rings. The molecule has 4 aromatic rings. The van der Waals surface area contributed by atoms with E-state index in [0.29, 0.717) is 0 Å². The van der Waals surface area contributed by atoms with Gasteiger partial charge in [0.1, 0.15) is 0 Å². The van der Waals surface area contributed by atoms with Crippen molar-refractivity contribution in [3.8, 4) is 22.5 Å². The van der Waals surface area contributed by atoms with Gasteiger partial charge in [0.25, 0.3) is 0 Å². The zero-order chi connectivity index (χ0) is 20.2. The molecule has 0 spiro atoms. The van der Waals surface area contributed by atoms with Crippen molar-refractivity contribution in [1.82, 2.24) is 24.3 Å². The standard InChI is InChI=1S/C23H24N6O/c1-2-4-18(5-3-1)20-21(19-6-8-24-9-7-19)29-13-11-26-22(23(29)27-20)25-10-12-28-14-16-30-17-15-28/h1-9,11,13H,10,12,14-17H2,(H,25,26). The lowest BCUT2D eigenvalue weighted by molar-refractivity contribution is 0.0398. The molecule has 7 nitrogen and oxygen atoms in total. The van der Waals surface area contributed by atoms with E-state index in [-0.39, 0.29) is 0 Å². The number of rotatable bonds is 6. The maximum Gasteiger partial charge on any atom is 0.181 e. The van der Waals surface area contributed by atoms with E-state index in [1.807, 2.05) is 55.1 Å². The maximum atomic E-state index is 5.43. The fourth-order valence-corrected chi connectivity index (χ4v) is 3.84. The first-order chi connectivity index (χ1) is 14.9. The van der Waals surface area contributed by atoms with Crippen molar-refractivity contribution >= 4 is 11.5 Å². The Balaban J connectivity index is 1.52. The van der Waals surface area contributed by atoms with Gasteiger partial charge in [-0.05, 0) is 12.1 Å². The third-order valence-electron chi connectivity index (χ3n) is 5.37. The molecule has 30 heavy (non-hydrogen) atoms. The predicted octanol–water partition coefficient (Wildman–Crippen LogP) is 3.20. The Bertz CT molecular complexity index is 1110. The Morgan fingerprint density at radius 2 is 1.73 bits per heavy atom. The van der Waals surface area contributed by atoms with Gasteiger partial charge in [-0.3, -0.25) is 14.3 Å². The molecule has 0 radical (unpaired) electrons. The number of morpholine rings is 1. The lowest BCUT2D eigenvalue weighted by Gasteiger charge is -2.26. The average molecular weight is 400 g/mol. The number of imidazole rings is 1. The van der Waals surface area contributed by atoms with Crippen molar-refractivity contribution in [3.63, 3.8) is 0 Å². The molecule has 1 saturated heterocycles. The second kappa shape index (κ2) is 8.61. The number of hydrogen-bond donors (Lipinski definition) is 1. The fourth-order valence-electron chi connectivity index (χ4n) is 3.84. The van der Waals surface area contributed by atoms with Gasteiger partial charge in [-0.2, -0.15) is 0 Å². The second-order valence-corrected chi connectivity index (χ2v) is 7.26. The minimum Gasteiger partial charge on any atom is -0.379 e. The van der Waals surface area contributed by atoms with Gasteiger partial charge in [-0.25, -0.2) is 9.97 Å². The van der Waals surface area contributed by atoms with Gasteiger partial charge in [0, 0.05) is 62.1 Å². The van der Waals surface area contributed by atoms with E-state index in [1.54, 1.807) is 0 Å². The van der Waals surface area contributed by atoms with E-state index in [0.717, 1.165) is 73.4 Å². The first-order valence-electron chi connectivity index (χ1n) is 10.3. The number of benzene rings is 1. The minimum atomic E-state index is 0.795. The quantitative estimate of drug-likeness (QED) is 0.536. The molecule has 152 valence electrons. The third kappa shape index (κ3) is 3.77. The highest BCUT2D eigenvalue weighted by molar-refractivity contribution is 5.84. The molecule has 4 heterocycles. The number of hydrogen-bond acceptors (Lipinski definition) is 6. The third-order valence-corrected chi connectivity index (χ3v) is 5.37. The number of nitrogens with zero attached hydrogens (tertiary/aromatic N) is 5. The summed E-state index contributed by atoms with van der Waals surface area (Å²) in [4.78, 5) is 16.2. The number of nitrogens with one attached hydrogen (secondary N) is 1. The lowest BCUT2D eigenvalue weighted by atomic mass is 10.1. The van der Waals surface area contributed by atoms with Crippen LogP contribution in [0.4, 0.5) is 5.82 Å². The normalized spacial score (nSPS) is 14.8. The summed E-state index contributed by atoms with van der Waals surface area (Å²) < 4.78 is 7.54. The summed E-state index contributed by atoms with van der Waals surface area (Å²) in [5.41, 5.74) is 4.95. The van der Waals surface area contributed by atoms with Gasteiger partial charge < -0.3 is 10.1 Å². The first-order valence-corrected chi connectivity index (χ1v) is 10.3. The van der Waals surface area contributed by atoms with Crippen molar-refractivity contribution < 1.29 is 4.74 Å². The molecule has 0 atom stereocenters. The largest absolute Gasteiger partial charge is 0.379 e. The maximum absolute atomic E-state index is 5.43. The van der Waals surface area contributed by atoms with E-state index in [2.05, 4.69) is 36.7 Å². The Morgan fingerprint density at radius 3 is 2.53 bits per heavy atom. The van der Waals surface area contributed by atoms with Crippen molar-refractivity contribution in [3.05, 3.63) is 67.3 Å². The minimum absolute atomic E-state index is 0.795. The van der Waals surface area contributed by atoms with Crippen LogP contribution >= 0.6 is 0 Å². The van der Waals surface area contributed by atoms with Gasteiger partial charge in [-0.1, -0.05) is 30.3 Å². The number of ether oxygens (including phenoxy) is 1. The van der Waals surface area contributed by atoms with Crippen LogP contribution in [0.25, 0.3) is 28.2 Å². The SMILES string of the molecule is c1ccc(-c2nc3c(NCCN4CCOCC4)nccn3c2-c2ccncc2)cc1. The Morgan fingerprint density at radius 1 is 0.933 bits per heavy atom. The van der Waals surface area contributed by atoms with Crippen LogP contribution in [0.3, 0.4) is 0 Å². The van der Waals surface area contributed by atoms with Crippen LogP contribution in [-0.4, -0.2) is 63.6 Å². The molecule has 0 bridgehead atoms. The Labute approximate surface area is 175 Å². The van der Waals surface area contributed by atoms with E-state index < -0.39 is 0 Å². The molecule has 0 unspecified atom stereocenters. The molecule has 1 aromatic carbocycles. The zero-order valence-electron chi connectivity index (χ0n) is 16.7. The molecule has 5 rings (SSSR count). The molecule has 1 aliphatic heterocycles. The molecule has 0 amide bonds. The highest BCUT2D eigenvalue weighted by Gasteiger charge is 2.18. The van der Waals surface area contributed by atoms with Crippen LogP contribution in [0, 0.1) is 0 Å². The summed E-state index contributed by atoms with van der Waals surface area (Å²) in [6, 6.07) is 14.3. The van der Waals surface area contributed by atoms with Gasteiger partial charge in [0.05, 0.1) is 24.6 Å². The van der Waals surface area contributed by atoms with Gasteiger partial charge in [0.2, 0.25) is 0 Å². The molecule has 0 aliphatic carbocycles. The summed E-state index contributed by atoms with van der Waals surface area (Å²) in [6.45, 7) is 5.34. The van der Waals surface area contributed by atoms with Crippen molar-refractivity contribution in [2.45, 2.75) is 0 Å². The van der Waals surface area contributed by atoms with Crippen molar-refractivity contribution in [2.75, 3.05) is 44.7 Å². The van der Waals surface area contributed by atoms with Crippen LogP contribution in [0.1, 0.15) is 0 Å². The number of fused-ring (bicyclic) bond motifs is 1. The van der Waals surface area contributed by atoms with Crippen molar-refractivity contribution in [1.29, 1.82) is 0 Å². The molecular weight excluding hydrogens is 376 g/mol. The van der Waals surface area contributed by atoms with Crippen LogP contribution in [-0.2, 0) is 4.74 Å². The Hall–Kier alpha value is -3.29. The monoisotopic (exact) mass is 400 g/mol. The summed E-state index contributed by atoms with van der Waals surface area (Å²) in [6.07, 6.45) is 7.42. The first kappa shape index (κ1) is 18.7. The second-order valence-electron chi connectivity index (χ2n) is 7.26. The molecule has 1 N–H and O–H groups in total. The fraction of sp³-hybridized carbons (Fsp3) is 0.261. The van der Waals surface area contributed by atoms with Gasteiger partial charge in [0.15, 0.2) is 11.5 Å². The molecule has 7 heteroatoms. The van der Waals surface area contributed by atoms with Crippen LogP contribution in [0.15, 0.2) is 67.3 Å². The highest BCUT2D eigenvalue weighted by atomic mass is 16.5. The summed E-state index contributed by atoms with van der Waals surface area (Å²) in [5, 5.41) is 3.49. The topological polar surface area (TPSA) is 67.6 Å². The van der Waals surface area contributed by atoms with Crippen LogP contribution in [0.2, 0.25) is 0 Å². The van der Waals surface area contributed by atoms with Crippen molar-refractivity contribution in [2.24, 2.45) is 0 Å². The summed E-state index contributed by atoms with van der Waals surface area (Å²) >= 11 is 0. The summed E-state index contributed by atoms with van der Waals surface area (Å²) in [5.74, 6) is 0.795. The average Bonchev–Trinajstić information content (AvgIpc) is 3.21.